The van der Waals surface area contributed by atoms with E-state index in [1.165, 1.54) is 0 Å². The van der Waals surface area contributed by atoms with Gasteiger partial charge in [0.25, 0.3) is 0 Å². The zero-order valence-corrected chi connectivity index (χ0v) is 23.3. The second kappa shape index (κ2) is 20.1. The van der Waals surface area contributed by atoms with Gasteiger partial charge in [-0.3, -0.25) is 9.59 Å². The Morgan fingerprint density at radius 2 is 0.917 bits per heavy atom. The number of methoxy groups -OCH3 is 2. The van der Waals surface area contributed by atoms with E-state index in [-0.39, 0.29) is 12.2 Å². The number of rotatable bonds is 16. The lowest BCUT2D eigenvalue weighted by Crippen LogP contribution is -2.10. The van der Waals surface area contributed by atoms with Crippen LogP contribution in [0.15, 0.2) is 106 Å². The van der Waals surface area contributed by atoms with Gasteiger partial charge in [0.05, 0.1) is 12.2 Å². The topological polar surface area (TPSA) is 52.6 Å². The summed E-state index contributed by atoms with van der Waals surface area (Å²) < 4.78 is 11.0. The molecule has 0 aromatic heterocycles. The monoisotopic (exact) mass is 492 g/mol. The predicted octanol–water partition coefficient (Wildman–Crippen LogP) is 7.54. The summed E-state index contributed by atoms with van der Waals surface area (Å²) in [7, 11) is 3.36. The van der Waals surface area contributed by atoms with Crippen molar-refractivity contribution in [2.75, 3.05) is 14.2 Å². The molecule has 0 spiro atoms. The minimum atomic E-state index is -0.0441. The number of carbonyl (C=O) groups excluding carboxylic acids is 2. The first-order valence-corrected chi connectivity index (χ1v) is 12.2. The lowest BCUT2D eigenvalue weighted by atomic mass is 10.1. The van der Waals surface area contributed by atoms with Gasteiger partial charge < -0.3 is 9.47 Å². The van der Waals surface area contributed by atoms with E-state index in [1.807, 2.05) is 62.5 Å². The first-order chi connectivity index (χ1) is 17.2. The van der Waals surface area contributed by atoms with Gasteiger partial charge in [0.15, 0.2) is 0 Å². The van der Waals surface area contributed by atoms with Crippen LogP contribution in [0.2, 0.25) is 0 Å². The van der Waals surface area contributed by atoms with Crippen molar-refractivity contribution in [1.29, 1.82) is 0 Å². The van der Waals surface area contributed by atoms with Gasteiger partial charge in [0.2, 0.25) is 0 Å². The fraction of sp³-hybridized carbons (Fsp3) is 0.375. The van der Waals surface area contributed by atoms with Crippen LogP contribution in [0.4, 0.5) is 0 Å². The SMILES string of the molecule is COC(C/C=C(\C)C=O)/C(C)=C/C=C/C(C)=C/C=C/C=C(C)/C=C/C=C(\C)C(C/C=C(\C)C=O)OC. The number of hydrogen-bond donors (Lipinski definition) is 0. The Balaban J connectivity index is 4.94. The summed E-state index contributed by atoms with van der Waals surface area (Å²) in [5.74, 6) is 0. The predicted molar refractivity (Wildman–Crippen MR) is 153 cm³/mol. The fourth-order valence-electron chi connectivity index (χ4n) is 3.06. The molecule has 0 saturated carbocycles. The molecule has 196 valence electrons. The quantitative estimate of drug-likeness (QED) is 0.127. The van der Waals surface area contributed by atoms with Crippen LogP contribution in [0, 0.1) is 0 Å². The molecule has 0 radical (unpaired) electrons. The molecule has 36 heavy (non-hydrogen) atoms. The second-order valence-corrected chi connectivity index (χ2v) is 8.80. The Labute approximate surface area is 218 Å². The molecule has 2 unspecified atom stereocenters. The van der Waals surface area contributed by atoms with E-state index in [4.69, 9.17) is 9.47 Å². The molecule has 0 rings (SSSR count). The van der Waals surface area contributed by atoms with Gasteiger partial charge in [-0.05, 0) is 76.7 Å². The summed E-state index contributed by atoms with van der Waals surface area (Å²) in [5, 5.41) is 0. The van der Waals surface area contributed by atoms with E-state index in [0.29, 0.717) is 24.0 Å². The number of carbonyl (C=O) groups is 2. The third-order valence-electron chi connectivity index (χ3n) is 5.53. The largest absolute Gasteiger partial charge is 0.377 e. The van der Waals surface area contributed by atoms with Crippen LogP contribution in [0.1, 0.15) is 54.4 Å². The van der Waals surface area contributed by atoms with Crippen molar-refractivity contribution in [3.8, 4) is 0 Å². The summed E-state index contributed by atoms with van der Waals surface area (Å²) in [6.45, 7) is 11.7. The van der Waals surface area contributed by atoms with Gasteiger partial charge in [-0.2, -0.15) is 0 Å². The van der Waals surface area contributed by atoms with Gasteiger partial charge in [0, 0.05) is 14.2 Å². The molecular weight excluding hydrogens is 448 g/mol. The highest BCUT2D eigenvalue weighted by molar-refractivity contribution is 5.72. The molecule has 0 N–H and O–H groups in total. The highest BCUT2D eigenvalue weighted by Crippen LogP contribution is 2.13. The summed E-state index contributed by atoms with van der Waals surface area (Å²) in [6, 6.07) is 0. The number of ether oxygens (including phenoxy) is 2. The molecular formula is C32H44O4. The highest BCUT2D eigenvalue weighted by Gasteiger charge is 2.07. The van der Waals surface area contributed by atoms with Crippen LogP contribution in [-0.2, 0) is 19.1 Å². The van der Waals surface area contributed by atoms with Crippen molar-refractivity contribution in [2.45, 2.75) is 66.6 Å². The zero-order chi connectivity index (χ0) is 27.3. The van der Waals surface area contributed by atoms with Crippen molar-refractivity contribution in [3.05, 3.63) is 106 Å². The standard InChI is InChI=1S/C32H44O4/c1-25(15-11-17-29(5)31(35-7)21-19-27(3)23-33)13-9-10-14-26(2)16-12-18-30(6)32(36-8)22-20-28(4)24-34/h9-20,23-24,31-32H,21-22H2,1-8H3/b10-9+,15-11+,16-12+,25-13+,26-14+,27-19+,28-20+,29-17+,30-18+. The van der Waals surface area contributed by atoms with Crippen LogP contribution < -0.4 is 0 Å². The van der Waals surface area contributed by atoms with Gasteiger partial charge >= 0.3 is 0 Å². The minimum absolute atomic E-state index is 0.0441. The Hall–Kier alpha value is -3.08. The Morgan fingerprint density at radius 1 is 0.556 bits per heavy atom. The molecule has 0 aliphatic carbocycles. The lowest BCUT2D eigenvalue weighted by Gasteiger charge is -2.13. The summed E-state index contributed by atoms with van der Waals surface area (Å²) in [6.07, 6.45) is 27.1. The van der Waals surface area contributed by atoms with Gasteiger partial charge in [-0.1, -0.05) is 84.1 Å². The summed E-state index contributed by atoms with van der Waals surface area (Å²) in [5.41, 5.74) is 5.90. The van der Waals surface area contributed by atoms with E-state index >= 15 is 0 Å². The maximum atomic E-state index is 10.7. The molecule has 0 aliphatic rings. The van der Waals surface area contributed by atoms with Crippen LogP contribution >= 0.6 is 0 Å². The third kappa shape index (κ3) is 15.8. The van der Waals surface area contributed by atoms with Crippen LogP contribution in [0.5, 0.6) is 0 Å². The molecule has 0 aliphatic heterocycles. The lowest BCUT2D eigenvalue weighted by molar-refractivity contribution is -0.105. The number of allylic oxidation sites excluding steroid dienone is 14. The van der Waals surface area contributed by atoms with Gasteiger partial charge in [0.1, 0.15) is 12.6 Å². The van der Waals surface area contributed by atoms with E-state index in [1.54, 1.807) is 28.1 Å². The molecule has 4 nitrogen and oxygen atoms in total. The van der Waals surface area contributed by atoms with Crippen molar-refractivity contribution >= 4 is 12.6 Å². The Kier molecular flexibility index (Phi) is 18.4. The minimum Gasteiger partial charge on any atom is -0.377 e. The van der Waals surface area contributed by atoms with Crippen LogP contribution in [0.25, 0.3) is 0 Å². The molecule has 0 amide bonds. The van der Waals surface area contributed by atoms with Gasteiger partial charge in [-0.25, -0.2) is 0 Å². The molecule has 2 atom stereocenters. The van der Waals surface area contributed by atoms with E-state index in [9.17, 15) is 9.59 Å². The van der Waals surface area contributed by atoms with E-state index in [2.05, 4.69) is 38.2 Å². The summed E-state index contributed by atoms with van der Waals surface area (Å²) >= 11 is 0. The molecule has 0 fully saturated rings. The van der Waals surface area contributed by atoms with Gasteiger partial charge in [-0.15, -0.1) is 0 Å². The van der Waals surface area contributed by atoms with Crippen molar-refractivity contribution < 1.29 is 19.1 Å². The highest BCUT2D eigenvalue weighted by atomic mass is 16.5. The first kappa shape index (κ1) is 32.9. The first-order valence-electron chi connectivity index (χ1n) is 12.2. The number of aldehydes is 2. The smallest absolute Gasteiger partial charge is 0.145 e. The molecule has 4 heteroatoms. The van der Waals surface area contributed by atoms with Crippen LogP contribution in [0.3, 0.4) is 0 Å². The maximum Gasteiger partial charge on any atom is 0.145 e. The van der Waals surface area contributed by atoms with Crippen molar-refractivity contribution in [1.82, 2.24) is 0 Å². The molecule has 0 heterocycles. The molecule has 0 aromatic carbocycles. The average molecular weight is 493 g/mol. The van der Waals surface area contributed by atoms with Crippen LogP contribution in [-0.4, -0.2) is 39.0 Å². The second-order valence-electron chi connectivity index (χ2n) is 8.80. The number of hydrogen-bond acceptors (Lipinski definition) is 4. The average Bonchev–Trinajstić information content (AvgIpc) is 2.86. The van der Waals surface area contributed by atoms with E-state index in [0.717, 1.165) is 34.9 Å². The van der Waals surface area contributed by atoms with Crippen molar-refractivity contribution in [2.24, 2.45) is 0 Å². The maximum absolute atomic E-state index is 10.7. The molecule has 0 aromatic rings. The Bertz CT molecular complexity index is 884. The fourth-order valence-corrected chi connectivity index (χ4v) is 3.06. The zero-order valence-electron chi connectivity index (χ0n) is 23.3. The molecule has 0 saturated heterocycles. The molecule has 0 bridgehead atoms. The summed E-state index contributed by atoms with van der Waals surface area (Å²) in [4.78, 5) is 21.5. The van der Waals surface area contributed by atoms with Crippen molar-refractivity contribution in [3.63, 3.8) is 0 Å². The third-order valence-corrected chi connectivity index (χ3v) is 5.53. The Morgan fingerprint density at radius 3 is 1.22 bits per heavy atom. The normalized spacial score (nSPS) is 16.9. The van der Waals surface area contributed by atoms with E-state index < -0.39 is 0 Å².